The molecule has 110 valence electrons. The topological polar surface area (TPSA) is 38.2 Å². The number of hydrogen-bond donors (Lipinski definition) is 0. The Kier molecular flexibility index (Phi) is 4.40. The quantitative estimate of drug-likeness (QED) is 0.847. The van der Waals surface area contributed by atoms with E-state index in [1.807, 2.05) is 12.3 Å². The molecule has 1 aliphatic rings. The van der Waals surface area contributed by atoms with Crippen LogP contribution in [0.2, 0.25) is 0 Å². The first-order valence-corrected chi connectivity index (χ1v) is 7.15. The van der Waals surface area contributed by atoms with E-state index < -0.39 is 0 Å². The minimum Gasteiger partial charge on any atom is -0.477 e. The molecule has 1 atom stereocenters. The molecule has 0 bridgehead atoms. The predicted molar refractivity (Wildman–Crippen MR) is 77.3 cm³/mol. The van der Waals surface area contributed by atoms with Crippen molar-refractivity contribution in [3.8, 4) is 5.88 Å². The Balaban J connectivity index is 1.45. The van der Waals surface area contributed by atoms with E-state index in [1.165, 1.54) is 17.8 Å². The summed E-state index contributed by atoms with van der Waals surface area (Å²) in [7, 11) is 0. The van der Waals surface area contributed by atoms with E-state index in [2.05, 4.69) is 20.9 Å². The first-order valence-electron chi connectivity index (χ1n) is 7.15. The van der Waals surface area contributed by atoms with Crippen LogP contribution in [-0.4, -0.2) is 34.6 Å². The first-order chi connectivity index (χ1) is 10.3. The lowest BCUT2D eigenvalue weighted by atomic mass is 10.1. The Labute approximate surface area is 123 Å². The lowest BCUT2D eigenvalue weighted by Gasteiger charge is -2.16. The van der Waals surface area contributed by atoms with Gasteiger partial charge in [0.05, 0.1) is 12.8 Å². The maximum atomic E-state index is 12.8. The van der Waals surface area contributed by atoms with E-state index >= 15 is 0 Å². The molecule has 21 heavy (non-hydrogen) atoms. The van der Waals surface area contributed by atoms with Crippen molar-refractivity contribution < 1.29 is 9.13 Å². The number of aromatic nitrogens is 2. The van der Waals surface area contributed by atoms with Crippen LogP contribution in [0.1, 0.15) is 12.0 Å². The Morgan fingerprint density at radius 3 is 3.00 bits per heavy atom. The van der Waals surface area contributed by atoms with Gasteiger partial charge < -0.3 is 4.74 Å². The number of pyridine rings is 2. The highest BCUT2D eigenvalue weighted by Crippen LogP contribution is 2.19. The SMILES string of the molecule is Fc1ccc(OCC2CCN(Cc3cccnc3)C2)nc1. The minimum atomic E-state index is -0.342. The van der Waals surface area contributed by atoms with Gasteiger partial charge in [0, 0.05) is 37.5 Å². The van der Waals surface area contributed by atoms with Crippen LogP contribution in [-0.2, 0) is 6.54 Å². The molecule has 0 spiro atoms. The molecule has 0 saturated carbocycles. The number of likely N-dealkylation sites (tertiary alicyclic amines) is 1. The highest BCUT2D eigenvalue weighted by Gasteiger charge is 2.23. The molecule has 4 nitrogen and oxygen atoms in total. The zero-order chi connectivity index (χ0) is 14.5. The van der Waals surface area contributed by atoms with Crippen LogP contribution < -0.4 is 4.74 Å². The average molecular weight is 287 g/mol. The predicted octanol–water partition coefficient (Wildman–Crippen LogP) is 2.52. The molecule has 1 aliphatic heterocycles. The summed E-state index contributed by atoms with van der Waals surface area (Å²) >= 11 is 0. The van der Waals surface area contributed by atoms with Crippen LogP contribution >= 0.6 is 0 Å². The van der Waals surface area contributed by atoms with Crippen molar-refractivity contribution in [2.75, 3.05) is 19.7 Å². The van der Waals surface area contributed by atoms with Crippen molar-refractivity contribution in [3.05, 3.63) is 54.2 Å². The van der Waals surface area contributed by atoms with Gasteiger partial charge in [0.15, 0.2) is 0 Å². The van der Waals surface area contributed by atoms with Crippen molar-refractivity contribution >= 4 is 0 Å². The molecule has 2 aromatic rings. The number of halogens is 1. The van der Waals surface area contributed by atoms with Gasteiger partial charge >= 0.3 is 0 Å². The fourth-order valence-corrected chi connectivity index (χ4v) is 2.59. The van der Waals surface area contributed by atoms with Crippen molar-refractivity contribution in [1.82, 2.24) is 14.9 Å². The monoisotopic (exact) mass is 287 g/mol. The third-order valence-electron chi connectivity index (χ3n) is 3.67. The second kappa shape index (κ2) is 6.63. The molecule has 3 heterocycles. The summed E-state index contributed by atoms with van der Waals surface area (Å²) in [5, 5.41) is 0. The van der Waals surface area contributed by atoms with Crippen LogP contribution in [0.3, 0.4) is 0 Å². The van der Waals surface area contributed by atoms with Gasteiger partial charge in [0.1, 0.15) is 5.82 Å². The molecule has 1 fully saturated rings. The number of ether oxygens (including phenoxy) is 1. The fourth-order valence-electron chi connectivity index (χ4n) is 2.59. The molecular formula is C16H18FN3O. The number of hydrogen-bond acceptors (Lipinski definition) is 4. The molecule has 3 rings (SSSR count). The van der Waals surface area contributed by atoms with Gasteiger partial charge in [-0.15, -0.1) is 0 Å². The third-order valence-corrected chi connectivity index (χ3v) is 3.67. The summed E-state index contributed by atoms with van der Waals surface area (Å²) in [6, 6.07) is 6.99. The smallest absolute Gasteiger partial charge is 0.213 e. The van der Waals surface area contributed by atoms with Gasteiger partial charge in [-0.25, -0.2) is 9.37 Å². The molecule has 0 aliphatic carbocycles. The van der Waals surface area contributed by atoms with E-state index in [0.29, 0.717) is 18.4 Å². The summed E-state index contributed by atoms with van der Waals surface area (Å²) in [6.07, 6.45) is 5.99. The zero-order valence-corrected chi connectivity index (χ0v) is 11.8. The van der Waals surface area contributed by atoms with Crippen LogP contribution in [0.5, 0.6) is 5.88 Å². The van der Waals surface area contributed by atoms with E-state index in [9.17, 15) is 4.39 Å². The lowest BCUT2D eigenvalue weighted by Crippen LogP contribution is -2.22. The summed E-state index contributed by atoms with van der Waals surface area (Å²) in [6.45, 7) is 3.64. The van der Waals surface area contributed by atoms with Crippen molar-refractivity contribution in [1.29, 1.82) is 0 Å². The Hall–Kier alpha value is -2.01. The third kappa shape index (κ3) is 3.98. The van der Waals surface area contributed by atoms with Crippen LogP contribution in [0.25, 0.3) is 0 Å². The van der Waals surface area contributed by atoms with Gasteiger partial charge in [-0.05, 0) is 30.7 Å². The molecule has 1 saturated heterocycles. The lowest BCUT2D eigenvalue weighted by molar-refractivity contribution is 0.231. The zero-order valence-electron chi connectivity index (χ0n) is 11.8. The summed E-state index contributed by atoms with van der Waals surface area (Å²) in [5.74, 6) is 0.640. The largest absolute Gasteiger partial charge is 0.477 e. The summed E-state index contributed by atoms with van der Waals surface area (Å²) in [5.41, 5.74) is 1.24. The summed E-state index contributed by atoms with van der Waals surface area (Å²) in [4.78, 5) is 10.5. The Morgan fingerprint density at radius 2 is 2.24 bits per heavy atom. The van der Waals surface area contributed by atoms with Gasteiger partial charge in [0.25, 0.3) is 0 Å². The molecular weight excluding hydrogens is 269 g/mol. The van der Waals surface area contributed by atoms with Crippen LogP contribution in [0, 0.1) is 11.7 Å². The normalized spacial score (nSPS) is 18.8. The molecule has 2 aromatic heterocycles. The van der Waals surface area contributed by atoms with E-state index in [4.69, 9.17) is 4.74 Å². The van der Waals surface area contributed by atoms with E-state index in [0.717, 1.165) is 26.1 Å². The molecule has 1 unspecified atom stereocenters. The number of rotatable bonds is 5. The second-order valence-corrected chi connectivity index (χ2v) is 5.38. The standard InChI is InChI=1S/C16H18FN3O/c17-15-3-4-16(19-9-15)21-12-14-5-7-20(11-14)10-13-2-1-6-18-8-13/h1-4,6,8-9,14H,5,7,10-12H2. The van der Waals surface area contributed by atoms with E-state index in [1.54, 1.807) is 12.3 Å². The second-order valence-electron chi connectivity index (χ2n) is 5.38. The highest BCUT2D eigenvalue weighted by atomic mass is 19.1. The Bertz CT molecular complexity index is 561. The molecule has 0 amide bonds. The van der Waals surface area contributed by atoms with Crippen molar-refractivity contribution in [2.45, 2.75) is 13.0 Å². The maximum absolute atomic E-state index is 12.8. The van der Waals surface area contributed by atoms with Crippen LogP contribution in [0.15, 0.2) is 42.9 Å². The van der Waals surface area contributed by atoms with Gasteiger partial charge in [-0.2, -0.15) is 0 Å². The molecule has 0 aromatic carbocycles. The highest BCUT2D eigenvalue weighted by molar-refractivity contribution is 5.11. The average Bonchev–Trinajstić information content (AvgIpc) is 2.95. The van der Waals surface area contributed by atoms with Crippen molar-refractivity contribution in [2.24, 2.45) is 5.92 Å². The Morgan fingerprint density at radius 1 is 1.29 bits per heavy atom. The van der Waals surface area contributed by atoms with E-state index in [-0.39, 0.29) is 5.82 Å². The van der Waals surface area contributed by atoms with Gasteiger partial charge in [-0.1, -0.05) is 6.07 Å². The first kappa shape index (κ1) is 13.9. The fraction of sp³-hybridized carbons (Fsp3) is 0.375. The molecule has 0 N–H and O–H groups in total. The summed E-state index contributed by atoms with van der Waals surface area (Å²) < 4.78 is 18.4. The minimum absolute atomic E-state index is 0.342. The van der Waals surface area contributed by atoms with Gasteiger partial charge in [-0.3, -0.25) is 9.88 Å². The molecule has 5 heteroatoms. The van der Waals surface area contributed by atoms with Crippen molar-refractivity contribution in [3.63, 3.8) is 0 Å². The molecule has 0 radical (unpaired) electrons. The number of nitrogens with zero attached hydrogens (tertiary/aromatic N) is 3. The maximum Gasteiger partial charge on any atom is 0.213 e. The van der Waals surface area contributed by atoms with Crippen LogP contribution in [0.4, 0.5) is 4.39 Å². The van der Waals surface area contributed by atoms with Gasteiger partial charge in [0.2, 0.25) is 5.88 Å².